The normalized spacial score (nSPS) is 23.1. The zero-order valence-electron chi connectivity index (χ0n) is 63.4. The Morgan fingerprint density at radius 3 is 0.929 bits per heavy atom. The van der Waals surface area contributed by atoms with E-state index >= 15 is 0 Å². The molecule has 8 heterocycles. The van der Waals surface area contributed by atoms with E-state index in [4.69, 9.17) is 18.1 Å². The first kappa shape index (κ1) is 80.9. The van der Waals surface area contributed by atoms with Gasteiger partial charge in [0.25, 0.3) is 0 Å². The predicted octanol–water partition coefficient (Wildman–Crippen LogP) is 8.57. The molecule has 0 radical (unpaired) electrons. The smallest absolute Gasteiger partial charge is 0.248 e. The van der Waals surface area contributed by atoms with Gasteiger partial charge < -0.3 is 81.1 Å². The third-order valence-corrected chi connectivity index (χ3v) is 22.7. The number of alkyl halides is 2. The summed E-state index contributed by atoms with van der Waals surface area (Å²) in [5.74, 6) is 3.80. The number of nitrogens with one attached hydrogen (secondary N) is 8. The fraction of sp³-hybridized carbons (Fsp3) is 0.561. The lowest BCUT2D eigenvalue weighted by atomic mass is 9.86. The van der Waals surface area contributed by atoms with Crippen molar-refractivity contribution in [2.45, 2.75) is 247 Å². The second-order valence-electron chi connectivity index (χ2n) is 31.1. The first-order chi connectivity index (χ1) is 54.5. The van der Waals surface area contributed by atoms with Crippen LogP contribution in [0.5, 0.6) is 0 Å². The number of hydrogen-bond donors (Lipinski definition) is 12. The van der Waals surface area contributed by atoms with Crippen molar-refractivity contribution in [3.8, 4) is 45.6 Å². The highest BCUT2D eigenvalue weighted by molar-refractivity contribution is 5.84. The van der Waals surface area contributed by atoms with Crippen molar-refractivity contribution in [2.75, 3.05) is 26.2 Å². The Morgan fingerprint density at radius 1 is 0.366 bits per heavy atom. The Bertz CT molecular complexity index is 4270. The number of aryl methyl sites for hydroxylation is 3. The van der Waals surface area contributed by atoms with Crippen LogP contribution in [0.3, 0.4) is 0 Å². The molecule has 4 amide bonds. The molecule has 8 fully saturated rings. The lowest BCUT2D eigenvalue weighted by Gasteiger charge is -2.25. The number of amides is 4. The van der Waals surface area contributed by atoms with Crippen LogP contribution in [0.25, 0.3) is 45.6 Å². The largest absolute Gasteiger partial charge is 0.391 e. The van der Waals surface area contributed by atoms with E-state index in [0.29, 0.717) is 138 Å². The molecule has 6 unspecified atom stereocenters. The van der Waals surface area contributed by atoms with Crippen molar-refractivity contribution in [2.24, 2.45) is 17.8 Å². The fourth-order valence-electron chi connectivity index (χ4n) is 15.5. The molecule has 12 N–H and O–H groups in total. The van der Waals surface area contributed by atoms with Crippen molar-refractivity contribution in [1.29, 1.82) is 0 Å². The Hall–Kier alpha value is -9.14. The van der Waals surface area contributed by atoms with Gasteiger partial charge in [0.15, 0.2) is 0 Å². The van der Waals surface area contributed by atoms with Gasteiger partial charge in [0.05, 0.1) is 24.4 Å². The number of hydrogen-bond acceptors (Lipinski definition) is 24. The molecule has 600 valence electrons. The Morgan fingerprint density at radius 2 is 0.643 bits per heavy atom. The molecule has 30 heteroatoms. The number of aromatic nitrogens is 8. The van der Waals surface area contributed by atoms with Crippen LogP contribution >= 0.6 is 0 Å². The molecule has 112 heavy (non-hydrogen) atoms. The lowest BCUT2D eigenvalue weighted by Crippen LogP contribution is -2.45. The maximum absolute atomic E-state index is 13.3. The molecule has 0 bridgehead atoms. The van der Waals surface area contributed by atoms with Gasteiger partial charge in [-0.2, -0.15) is 19.9 Å². The summed E-state index contributed by atoms with van der Waals surface area (Å²) >= 11 is 0. The molecule has 8 aliphatic rings. The van der Waals surface area contributed by atoms with Gasteiger partial charge in [0, 0.05) is 86.5 Å². The van der Waals surface area contributed by atoms with Crippen LogP contribution in [-0.4, -0.2) is 165 Å². The van der Waals surface area contributed by atoms with Crippen molar-refractivity contribution >= 4 is 23.6 Å². The predicted molar refractivity (Wildman–Crippen MR) is 408 cm³/mol. The molecule has 4 aromatic heterocycles. The molecule has 8 atom stereocenters. The average Bonchev–Trinajstić information content (AvgIpc) is 1.66. The second-order valence-corrected chi connectivity index (χ2v) is 31.1. The van der Waals surface area contributed by atoms with Crippen LogP contribution < -0.4 is 42.5 Å². The molecule has 4 aromatic carbocycles. The van der Waals surface area contributed by atoms with E-state index < -0.39 is 54.5 Å². The minimum atomic E-state index is -2.59. The van der Waals surface area contributed by atoms with Gasteiger partial charge in [-0.05, 0) is 124 Å². The van der Waals surface area contributed by atoms with Gasteiger partial charge >= 0.3 is 0 Å². The maximum atomic E-state index is 13.3. The summed E-state index contributed by atoms with van der Waals surface area (Å²) in [6.45, 7) is 4.24. The highest BCUT2D eigenvalue weighted by Crippen LogP contribution is 2.41. The number of halogens is 2. The zero-order chi connectivity index (χ0) is 77.8. The average molecular weight is 1550 g/mol. The Labute approximate surface area is 649 Å². The fourth-order valence-corrected chi connectivity index (χ4v) is 15.5. The summed E-state index contributed by atoms with van der Waals surface area (Å²) < 4.78 is 48.1. The van der Waals surface area contributed by atoms with E-state index in [9.17, 15) is 48.4 Å². The van der Waals surface area contributed by atoms with E-state index in [2.05, 4.69) is 83.1 Å². The van der Waals surface area contributed by atoms with Gasteiger partial charge in [0.2, 0.25) is 76.4 Å². The third-order valence-electron chi connectivity index (χ3n) is 22.7. The summed E-state index contributed by atoms with van der Waals surface area (Å²) in [5, 5.41) is 78.8. The number of carbonyl (C=O) groups excluding carboxylic acids is 4. The number of aliphatic hydroxyl groups is 4. The molecule has 4 aliphatic carbocycles. The van der Waals surface area contributed by atoms with Crippen molar-refractivity contribution in [3.63, 3.8) is 0 Å². The Balaban J connectivity index is 0.000000131. The van der Waals surface area contributed by atoms with E-state index in [-0.39, 0.29) is 42.4 Å². The third kappa shape index (κ3) is 23.3. The molecule has 16 rings (SSSR count). The molecular weight excluding hydrogens is 1440 g/mol. The summed E-state index contributed by atoms with van der Waals surface area (Å²) in [4.78, 5) is 66.3. The van der Waals surface area contributed by atoms with Crippen LogP contribution in [0.4, 0.5) is 8.78 Å². The monoisotopic (exact) mass is 1540 g/mol. The van der Waals surface area contributed by atoms with Gasteiger partial charge in [-0.3, -0.25) is 19.2 Å². The van der Waals surface area contributed by atoms with Gasteiger partial charge in [-0.15, -0.1) is 0 Å². The topological polar surface area (TPSA) is 401 Å². The minimum absolute atomic E-state index is 0.120. The van der Waals surface area contributed by atoms with Crippen LogP contribution in [-0.2, 0) is 64.6 Å². The number of rotatable bonds is 26. The highest BCUT2D eigenvalue weighted by atomic mass is 19.3. The van der Waals surface area contributed by atoms with Crippen LogP contribution in [0.2, 0.25) is 0 Å². The van der Waals surface area contributed by atoms with E-state index in [0.717, 1.165) is 101 Å². The molecular formula is C82H106F2N16O12. The summed E-state index contributed by atoms with van der Waals surface area (Å²) in [7, 11) is 0. The van der Waals surface area contributed by atoms with Gasteiger partial charge in [0.1, 0.15) is 24.2 Å². The first-order valence-electron chi connectivity index (χ1n) is 40.3. The van der Waals surface area contributed by atoms with Crippen molar-refractivity contribution in [1.82, 2.24) is 83.1 Å². The Kier molecular flexibility index (Phi) is 28.6. The van der Waals surface area contributed by atoms with Crippen molar-refractivity contribution < 1.29 is 66.5 Å². The quantitative estimate of drug-likeness (QED) is 0.0241. The highest BCUT2D eigenvalue weighted by Gasteiger charge is 2.39. The van der Waals surface area contributed by atoms with Gasteiger partial charge in [-0.25, -0.2) is 8.78 Å². The molecule has 4 saturated carbocycles. The molecule has 28 nitrogen and oxygen atoms in total. The summed E-state index contributed by atoms with van der Waals surface area (Å²) in [5.41, 5.74) is 7.29. The molecule has 4 aliphatic heterocycles. The first-order valence-corrected chi connectivity index (χ1v) is 40.3. The maximum Gasteiger partial charge on any atom is 0.248 e. The SMILES string of the molecule is O=C(NCc1ccc(-c2noc(C3CCC(F)(F)CC3)n2)cc1)C1NCCC1O.O=C(NCc1ccc(-c2noc(CCC3CC3)n2)cc1)C1NCCC1O.O=C(NCc1ccc(-c2noc(CCC3CCCC3)n2)cc1)[C@H]1NCC[C@@H]1O.O=C(NCc1ccc(-c2noc(CCC3CCCCC3)n2)cc1)C1NCCC1O. The van der Waals surface area contributed by atoms with E-state index in [1.807, 2.05) is 97.1 Å². The minimum Gasteiger partial charge on any atom is -0.391 e. The zero-order valence-corrected chi connectivity index (χ0v) is 63.4. The lowest BCUT2D eigenvalue weighted by molar-refractivity contribution is -0.125. The van der Waals surface area contributed by atoms with Crippen molar-refractivity contribution in [3.05, 3.63) is 143 Å². The molecule has 0 spiro atoms. The summed E-state index contributed by atoms with van der Waals surface area (Å²) in [6, 6.07) is 28.6. The second kappa shape index (κ2) is 39.6. The van der Waals surface area contributed by atoms with Gasteiger partial charge in [-0.1, -0.05) is 188 Å². The summed E-state index contributed by atoms with van der Waals surface area (Å²) in [6.07, 6.45) is 21.0. The van der Waals surface area contributed by atoms with Crippen LogP contribution in [0.15, 0.2) is 115 Å². The molecule has 8 aromatic rings. The number of nitrogens with zero attached hydrogens (tertiary/aromatic N) is 8. The number of benzene rings is 4. The van der Waals surface area contributed by atoms with E-state index in [1.54, 1.807) is 0 Å². The number of carbonyl (C=O) groups is 4. The van der Waals surface area contributed by atoms with Crippen LogP contribution in [0, 0.1) is 17.8 Å². The standard InChI is InChI=1S/C22H30N4O3.C21H28N4O3.C20H24F2N4O3.C19H24N4O3/c27-18-12-13-23-20(18)22(28)24-14-16-6-9-17(10-7-16)21-25-19(29-26-21)11-8-15-4-2-1-3-5-15;26-17-11-12-22-19(17)21(27)23-13-15-5-8-16(9-6-15)20-24-18(28-25-20)10-7-14-3-1-2-4-14;21-20(22)8-5-14(6-9-20)19-25-17(26-29-19)13-3-1-12(2-4-13)11-24-18(28)16-15(27)7-10-23-16;24-15-9-10-20-17(15)19(25)21-11-13-3-6-14(7-4-13)18-22-16(26-23-18)8-5-12-1-2-12/h6-7,9-10,15,18,20,23,27H,1-5,8,11-14H2,(H,24,28);5-6,8-9,14,17,19,22,26H,1-4,7,10-13H2,(H,23,27);1-4,14-16,23,27H,5-11H2,(H,24,28);3-4,6-7,12,15,17,20,24H,1-2,5,8-11H2,(H,21,25)/t;17-,19-;;/m.0../s1. The van der Waals surface area contributed by atoms with Crippen LogP contribution in [0.1, 0.15) is 193 Å². The molecule has 4 saturated heterocycles. The van der Waals surface area contributed by atoms with E-state index in [1.165, 1.54) is 70.6 Å². The number of aliphatic hydroxyl groups excluding tert-OH is 4.